The van der Waals surface area contributed by atoms with E-state index in [1.165, 1.54) is 6.07 Å². The van der Waals surface area contributed by atoms with Crippen LogP contribution in [0.5, 0.6) is 0 Å². The van der Waals surface area contributed by atoms with Crippen LogP contribution in [0.25, 0.3) is 11.3 Å². The summed E-state index contributed by atoms with van der Waals surface area (Å²) in [5.74, 6) is -2.20. The SMILES string of the molecule is Cc1nnn(C)c1-c1cc(C(=O)N[C@H](CN)Cc2ccc(F)c(F)c2)sc1Cl. The minimum atomic E-state index is -0.936. The van der Waals surface area contributed by atoms with Crippen molar-refractivity contribution >= 4 is 28.8 Å². The van der Waals surface area contributed by atoms with Gasteiger partial charge in [0, 0.05) is 25.2 Å². The third-order valence-corrected chi connectivity index (χ3v) is 5.60. The summed E-state index contributed by atoms with van der Waals surface area (Å²) in [6, 6.07) is 4.85. The predicted molar refractivity (Wildman–Crippen MR) is 104 cm³/mol. The summed E-state index contributed by atoms with van der Waals surface area (Å²) in [7, 11) is 1.75. The lowest BCUT2D eigenvalue weighted by Crippen LogP contribution is -2.41. The zero-order valence-electron chi connectivity index (χ0n) is 15.2. The first-order valence-electron chi connectivity index (χ1n) is 8.41. The maximum Gasteiger partial charge on any atom is 0.261 e. The second-order valence-electron chi connectivity index (χ2n) is 6.30. The zero-order chi connectivity index (χ0) is 20.4. The molecular formula is C18H18ClF2N5OS. The minimum Gasteiger partial charge on any atom is -0.347 e. The largest absolute Gasteiger partial charge is 0.347 e. The molecule has 0 fully saturated rings. The van der Waals surface area contributed by atoms with E-state index in [1.54, 1.807) is 17.8 Å². The van der Waals surface area contributed by atoms with Gasteiger partial charge < -0.3 is 11.1 Å². The number of nitrogens with one attached hydrogen (secondary N) is 1. The first-order chi connectivity index (χ1) is 13.3. The third-order valence-electron chi connectivity index (χ3n) is 4.25. The van der Waals surface area contributed by atoms with E-state index >= 15 is 0 Å². The molecule has 2 heterocycles. The van der Waals surface area contributed by atoms with E-state index in [0.29, 0.717) is 26.0 Å². The smallest absolute Gasteiger partial charge is 0.261 e. The summed E-state index contributed by atoms with van der Waals surface area (Å²) in [4.78, 5) is 13.1. The molecule has 0 bridgehead atoms. The number of benzene rings is 1. The molecule has 1 aromatic carbocycles. The highest BCUT2D eigenvalue weighted by atomic mass is 35.5. The highest BCUT2D eigenvalue weighted by Crippen LogP contribution is 2.36. The van der Waals surface area contributed by atoms with Crippen LogP contribution in [-0.4, -0.2) is 33.5 Å². The van der Waals surface area contributed by atoms with Gasteiger partial charge >= 0.3 is 0 Å². The van der Waals surface area contributed by atoms with Gasteiger partial charge in [-0.3, -0.25) is 4.79 Å². The average Bonchev–Trinajstić information content (AvgIpc) is 3.19. The van der Waals surface area contributed by atoms with Crippen LogP contribution in [0.15, 0.2) is 24.3 Å². The van der Waals surface area contributed by atoms with Gasteiger partial charge in [-0.05, 0) is 37.1 Å². The van der Waals surface area contributed by atoms with E-state index in [-0.39, 0.29) is 18.9 Å². The molecule has 0 radical (unpaired) electrons. The van der Waals surface area contributed by atoms with E-state index in [9.17, 15) is 13.6 Å². The van der Waals surface area contributed by atoms with E-state index in [2.05, 4.69) is 15.6 Å². The Morgan fingerprint density at radius 2 is 2.11 bits per heavy atom. The van der Waals surface area contributed by atoms with Crippen LogP contribution in [0.3, 0.4) is 0 Å². The van der Waals surface area contributed by atoms with Gasteiger partial charge in [0.1, 0.15) is 4.34 Å². The average molecular weight is 426 g/mol. The third kappa shape index (κ3) is 4.21. The number of hydrogen-bond donors (Lipinski definition) is 2. The van der Waals surface area contributed by atoms with Crippen LogP contribution in [0.2, 0.25) is 4.34 Å². The van der Waals surface area contributed by atoms with Crippen LogP contribution >= 0.6 is 22.9 Å². The van der Waals surface area contributed by atoms with Crippen molar-refractivity contribution in [2.24, 2.45) is 12.8 Å². The fourth-order valence-corrected chi connectivity index (χ4v) is 4.05. The lowest BCUT2D eigenvalue weighted by atomic mass is 10.1. The van der Waals surface area contributed by atoms with Crippen LogP contribution < -0.4 is 11.1 Å². The molecule has 1 atom stereocenters. The number of aryl methyl sites for hydroxylation is 2. The van der Waals surface area contributed by atoms with Gasteiger partial charge in [-0.1, -0.05) is 22.9 Å². The number of nitrogens with two attached hydrogens (primary N) is 1. The zero-order valence-corrected chi connectivity index (χ0v) is 16.7. The van der Waals surface area contributed by atoms with Crippen molar-refractivity contribution in [1.82, 2.24) is 20.3 Å². The molecule has 1 amide bonds. The lowest BCUT2D eigenvalue weighted by molar-refractivity contribution is 0.0942. The van der Waals surface area contributed by atoms with Crippen molar-refractivity contribution in [2.75, 3.05) is 6.54 Å². The summed E-state index contributed by atoms with van der Waals surface area (Å²) >= 11 is 7.46. The van der Waals surface area contributed by atoms with Crippen LogP contribution in [0, 0.1) is 18.6 Å². The molecule has 10 heteroatoms. The molecule has 3 rings (SSSR count). The number of amides is 1. The lowest BCUT2D eigenvalue weighted by Gasteiger charge is -2.16. The van der Waals surface area contributed by atoms with Gasteiger partial charge in [0.25, 0.3) is 5.91 Å². The molecule has 148 valence electrons. The Hall–Kier alpha value is -2.36. The first kappa shape index (κ1) is 20.4. The highest BCUT2D eigenvalue weighted by molar-refractivity contribution is 7.18. The summed E-state index contributed by atoms with van der Waals surface area (Å²) in [5, 5.41) is 10.8. The number of thiophene rings is 1. The summed E-state index contributed by atoms with van der Waals surface area (Å²) in [6.07, 6.45) is 0.274. The quantitative estimate of drug-likeness (QED) is 0.635. The van der Waals surface area contributed by atoms with Gasteiger partial charge in [0.15, 0.2) is 11.6 Å². The van der Waals surface area contributed by atoms with Gasteiger partial charge in [-0.15, -0.1) is 16.4 Å². The topological polar surface area (TPSA) is 85.8 Å². The van der Waals surface area contributed by atoms with Crippen LogP contribution in [-0.2, 0) is 13.5 Å². The molecular weight excluding hydrogens is 408 g/mol. The number of carbonyl (C=O) groups excluding carboxylic acids is 1. The maximum absolute atomic E-state index is 13.4. The van der Waals surface area contributed by atoms with Gasteiger partial charge in [-0.2, -0.15) is 0 Å². The molecule has 0 unspecified atom stereocenters. The molecule has 28 heavy (non-hydrogen) atoms. The molecule has 0 aliphatic heterocycles. The van der Waals surface area contributed by atoms with E-state index < -0.39 is 17.7 Å². The summed E-state index contributed by atoms with van der Waals surface area (Å²) < 4.78 is 28.5. The second kappa shape index (κ2) is 8.34. The van der Waals surface area contributed by atoms with Crippen molar-refractivity contribution in [3.63, 3.8) is 0 Å². The molecule has 3 aromatic rings. The monoisotopic (exact) mass is 425 g/mol. The van der Waals surface area contributed by atoms with E-state index in [0.717, 1.165) is 29.2 Å². The Morgan fingerprint density at radius 3 is 2.71 bits per heavy atom. The van der Waals surface area contributed by atoms with Gasteiger partial charge in [0.05, 0.1) is 16.3 Å². The molecule has 0 spiro atoms. The van der Waals surface area contributed by atoms with E-state index in [1.807, 2.05) is 6.92 Å². The molecule has 0 saturated carbocycles. The van der Waals surface area contributed by atoms with Gasteiger partial charge in [0.2, 0.25) is 0 Å². The number of aromatic nitrogens is 3. The Bertz CT molecular complexity index is 1000. The minimum absolute atomic E-state index is 0.140. The molecule has 0 aliphatic carbocycles. The molecule has 2 aromatic heterocycles. The van der Waals surface area contributed by atoms with Crippen molar-refractivity contribution in [3.05, 3.63) is 56.4 Å². The molecule has 3 N–H and O–H groups in total. The van der Waals surface area contributed by atoms with Crippen LogP contribution in [0.1, 0.15) is 20.9 Å². The Kier molecular flexibility index (Phi) is 6.07. The highest BCUT2D eigenvalue weighted by Gasteiger charge is 2.21. The maximum atomic E-state index is 13.4. The Morgan fingerprint density at radius 1 is 1.36 bits per heavy atom. The van der Waals surface area contributed by atoms with Crippen molar-refractivity contribution < 1.29 is 13.6 Å². The number of hydrogen-bond acceptors (Lipinski definition) is 5. The van der Waals surface area contributed by atoms with Gasteiger partial charge in [-0.25, -0.2) is 13.5 Å². The first-order valence-corrected chi connectivity index (χ1v) is 9.60. The number of nitrogens with zero attached hydrogens (tertiary/aromatic N) is 3. The Balaban J connectivity index is 1.76. The summed E-state index contributed by atoms with van der Waals surface area (Å²) in [5.41, 5.74) is 8.39. The number of carbonyl (C=O) groups is 1. The number of rotatable bonds is 6. The molecule has 0 saturated heterocycles. The molecule has 6 nitrogen and oxygen atoms in total. The Labute approximate surface area is 169 Å². The van der Waals surface area contributed by atoms with Crippen molar-refractivity contribution in [1.29, 1.82) is 0 Å². The molecule has 0 aliphatic rings. The summed E-state index contributed by atoms with van der Waals surface area (Å²) in [6.45, 7) is 1.95. The van der Waals surface area contributed by atoms with E-state index in [4.69, 9.17) is 17.3 Å². The van der Waals surface area contributed by atoms with Crippen molar-refractivity contribution in [3.8, 4) is 11.3 Å². The fraction of sp³-hybridized carbons (Fsp3) is 0.278. The second-order valence-corrected chi connectivity index (χ2v) is 7.96. The van der Waals surface area contributed by atoms with Crippen LogP contribution in [0.4, 0.5) is 8.78 Å². The standard InChI is InChI=1S/C18H18ClF2N5OS/c1-9-16(26(2)25-24-9)12-7-15(28-17(12)19)18(27)23-11(8-22)5-10-3-4-13(20)14(21)6-10/h3-4,6-7,11H,5,8,22H2,1-2H3,(H,23,27)/t11-/m0/s1. The normalized spacial score (nSPS) is 12.2. The number of halogens is 3. The fourth-order valence-electron chi connectivity index (χ4n) is 2.87. The predicted octanol–water partition coefficient (Wildman–Crippen LogP) is 3.08. The van der Waals surface area contributed by atoms with Crippen molar-refractivity contribution in [2.45, 2.75) is 19.4 Å².